The van der Waals surface area contributed by atoms with Crippen LogP contribution >= 0.6 is 34.8 Å². The first-order valence-electron chi connectivity index (χ1n) is 5.73. The van der Waals surface area contributed by atoms with Gasteiger partial charge in [0.05, 0.1) is 0 Å². The van der Waals surface area contributed by atoms with E-state index < -0.39 is 3.79 Å². The van der Waals surface area contributed by atoms with E-state index in [9.17, 15) is 0 Å². The zero-order valence-electron chi connectivity index (χ0n) is 10.8. The Kier molecular flexibility index (Phi) is 5.50. The Balaban J connectivity index is 2.25. The number of aromatic nitrogens is 3. The van der Waals surface area contributed by atoms with Crippen LogP contribution in [0.3, 0.4) is 0 Å². The number of benzene rings is 1. The Bertz CT molecular complexity index is 657. The number of halogens is 3. The standard InChI is InChI=1S/C13H9AsCl3N3O/c1-21-9-5-2-8(3-6-9)4-7-10-18-11(13(15,16)17)20-12(14)19-10/h2-7H,1H3/b7-4+. The third-order valence-electron chi connectivity index (χ3n) is 2.44. The number of alkyl halides is 3. The van der Waals surface area contributed by atoms with Gasteiger partial charge in [-0.3, -0.25) is 0 Å². The van der Waals surface area contributed by atoms with Crippen LogP contribution < -0.4 is 9.35 Å². The van der Waals surface area contributed by atoms with Gasteiger partial charge in [0.15, 0.2) is 0 Å². The van der Waals surface area contributed by atoms with Crippen molar-refractivity contribution < 1.29 is 4.74 Å². The van der Waals surface area contributed by atoms with Gasteiger partial charge in [-0.05, 0) is 0 Å². The van der Waals surface area contributed by atoms with Crippen LogP contribution in [-0.2, 0) is 3.79 Å². The fourth-order valence-corrected chi connectivity index (χ4v) is 2.14. The van der Waals surface area contributed by atoms with E-state index in [0.717, 1.165) is 11.3 Å². The molecule has 8 heteroatoms. The van der Waals surface area contributed by atoms with Gasteiger partial charge in [0.2, 0.25) is 0 Å². The Labute approximate surface area is 146 Å². The molecule has 0 spiro atoms. The summed E-state index contributed by atoms with van der Waals surface area (Å²) in [5.74, 6) is 1.30. The molecule has 0 saturated heterocycles. The topological polar surface area (TPSA) is 47.9 Å². The molecule has 1 aromatic carbocycles. The van der Waals surface area contributed by atoms with Gasteiger partial charge in [0.25, 0.3) is 0 Å². The van der Waals surface area contributed by atoms with E-state index >= 15 is 0 Å². The van der Waals surface area contributed by atoms with Gasteiger partial charge in [-0.1, -0.05) is 0 Å². The second kappa shape index (κ2) is 6.97. The molecule has 0 aliphatic carbocycles. The molecular formula is C13H9AsCl3N3O. The number of methoxy groups -OCH3 is 1. The van der Waals surface area contributed by atoms with Crippen molar-refractivity contribution in [3.8, 4) is 5.75 Å². The van der Waals surface area contributed by atoms with Crippen molar-refractivity contribution >= 4 is 68.4 Å². The molecule has 0 bridgehead atoms. The van der Waals surface area contributed by atoms with E-state index in [-0.39, 0.29) is 5.82 Å². The summed E-state index contributed by atoms with van der Waals surface area (Å²) >= 11 is 19.6. The zero-order valence-corrected chi connectivity index (χ0v) is 14.9. The van der Waals surface area contributed by atoms with E-state index in [0.29, 0.717) is 10.4 Å². The molecule has 2 rings (SSSR count). The van der Waals surface area contributed by atoms with Crippen LogP contribution in [0.15, 0.2) is 24.3 Å². The molecule has 108 valence electrons. The summed E-state index contributed by atoms with van der Waals surface area (Å²) in [7, 11) is 1.62. The van der Waals surface area contributed by atoms with E-state index in [4.69, 9.17) is 39.5 Å². The van der Waals surface area contributed by atoms with Gasteiger partial charge in [0.1, 0.15) is 0 Å². The van der Waals surface area contributed by atoms with Gasteiger partial charge in [0, 0.05) is 0 Å². The quantitative estimate of drug-likeness (QED) is 0.583. The van der Waals surface area contributed by atoms with Crippen molar-refractivity contribution in [1.29, 1.82) is 0 Å². The van der Waals surface area contributed by atoms with E-state index in [2.05, 4.69) is 31.8 Å². The molecule has 4 nitrogen and oxygen atoms in total. The van der Waals surface area contributed by atoms with E-state index in [1.54, 1.807) is 13.2 Å². The fourth-order valence-electron chi connectivity index (χ4n) is 1.47. The molecule has 21 heavy (non-hydrogen) atoms. The first-order chi connectivity index (χ1) is 9.88. The molecule has 2 radical (unpaired) electrons. The molecule has 0 saturated carbocycles. The SMILES string of the molecule is COc1ccc(/C=C/c2nc([As])nc(C(Cl)(Cl)Cl)n2)cc1. The van der Waals surface area contributed by atoms with Crippen molar-refractivity contribution in [2.24, 2.45) is 0 Å². The average molecular weight is 405 g/mol. The molecular weight excluding hydrogens is 395 g/mol. The predicted molar refractivity (Wildman–Crippen MR) is 86.4 cm³/mol. The molecule has 0 atom stereocenters. The summed E-state index contributed by atoms with van der Waals surface area (Å²) in [6.45, 7) is 0. The zero-order chi connectivity index (χ0) is 15.5. The maximum atomic E-state index is 5.79. The van der Waals surface area contributed by atoms with Crippen molar-refractivity contribution in [3.05, 3.63) is 41.5 Å². The molecule has 0 aliphatic rings. The summed E-state index contributed by atoms with van der Waals surface area (Å²) in [6.07, 6.45) is 3.57. The minimum atomic E-state index is -1.68. The average Bonchev–Trinajstić information content (AvgIpc) is 2.44. The maximum absolute atomic E-state index is 5.79. The Morgan fingerprint density at radius 3 is 2.29 bits per heavy atom. The van der Waals surface area contributed by atoms with Crippen molar-refractivity contribution in [1.82, 2.24) is 15.0 Å². The van der Waals surface area contributed by atoms with Crippen molar-refractivity contribution in [2.45, 2.75) is 3.79 Å². The molecule has 0 unspecified atom stereocenters. The Morgan fingerprint density at radius 1 is 1.05 bits per heavy atom. The molecule has 0 N–H and O–H groups in total. The second-order valence-corrected chi connectivity index (χ2v) is 7.04. The van der Waals surface area contributed by atoms with Gasteiger partial charge >= 0.3 is 146 Å². The molecule has 0 aliphatic heterocycles. The molecule has 0 amide bonds. The van der Waals surface area contributed by atoms with Crippen molar-refractivity contribution in [3.63, 3.8) is 0 Å². The van der Waals surface area contributed by atoms with Crippen LogP contribution in [0.1, 0.15) is 17.2 Å². The molecule has 1 heterocycles. The third kappa shape index (κ3) is 4.86. The molecule has 0 fully saturated rings. The number of hydrogen-bond acceptors (Lipinski definition) is 4. The third-order valence-corrected chi connectivity index (χ3v) is 3.36. The Hall–Kier alpha value is -0.802. The van der Waals surface area contributed by atoms with E-state index in [1.807, 2.05) is 30.3 Å². The summed E-state index contributed by atoms with van der Waals surface area (Å²) < 4.78 is 3.84. The second-order valence-electron chi connectivity index (χ2n) is 3.92. The number of ether oxygens (including phenoxy) is 1. The van der Waals surface area contributed by atoms with Crippen LogP contribution in [0.2, 0.25) is 0 Å². The molecule has 1 aromatic heterocycles. The normalized spacial score (nSPS) is 11.9. The summed E-state index contributed by atoms with van der Waals surface area (Å²) in [4.78, 5) is 12.3. The van der Waals surface area contributed by atoms with Crippen molar-refractivity contribution in [2.75, 3.05) is 7.11 Å². The molecule has 2 aromatic rings. The number of hydrogen-bond donors (Lipinski definition) is 0. The van der Waals surface area contributed by atoms with E-state index in [1.165, 1.54) is 0 Å². The van der Waals surface area contributed by atoms with Gasteiger partial charge < -0.3 is 0 Å². The predicted octanol–water partition coefficient (Wildman–Crippen LogP) is 2.67. The summed E-state index contributed by atoms with van der Waals surface area (Å²) in [5.41, 5.74) is 0.971. The monoisotopic (exact) mass is 403 g/mol. The van der Waals surface area contributed by atoms with Crippen LogP contribution in [0, 0.1) is 0 Å². The summed E-state index contributed by atoms with van der Waals surface area (Å²) in [5, 5.41) is 0. The first-order valence-corrected chi connectivity index (χ1v) is 7.80. The first kappa shape index (κ1) is 16.6. The van der Waals surface area contributed by atoms with Gasteiger partial charge in [-0.15, -0.1) is 0 Å². The number of rotatable bonds is 3. The summed E-state index contributed by atoms with van der Waals surface area (Å²) in [6, 6.07) is 7.55. The fraction of sp³-hybridized carbons (Fsp3) is 0.154. The minimum absolute atomic E-state index is 0.0903. The van der Waals surface area contributed by atoms with Gasteiger partial charge in [-0.2, -0.15) is 0 Å². The number of nitrogens with zero attached hydrogens (tertiary/aromatic N) is 3. The Morgan fingerprint density at radius 2 is 1.71 bits per heavy atom. The van der Waals surface area contributed by atoms with Crippen LogP contribution in [0.4, 0.5) is 0 Å². The van der Waals surface area contributed by atoms with Crippen LogP contribution in [0.25, 0.3) is 12.2 Å². The van der Waals surface area contributed by atoms with Crippen LogP contribution in [-0.4, -0.2) is 38.9 Å². The van der Waals surface area contributed by atoms with Gasteiger partial charge in [-0.25, -0.2) is 0 Å². The van der Waals surface area contributed by atoms with Crippen LogP contribution in [0.5, 0.6) is 5.75 Å².